The number of rotatable bonds is 1. The highest BCUT2D eigenvalue weighted by Crippen LogP contribution is 2.15. The van der Waals surface area contributed by atoms with Gasteiger partial charge in [-0.3, -0.25) is 4.98 Å². The molecule has 0 unspecified atom stereocenters. The number of thioether (sulfide) groups is 1. The Balaban J connectivity index is 2.84. The van der Waals surface area contributed by atoms with Crippen molar-refractivity contribution < 1.29 is 0 Å². The molecule has 0 fully saturated rings. The zero-order chi connectivity index (χ0) is 5.98. The Hall–Kier alpha value is 0.0449. The highest BCUT2D eigenvalue weighted by Gasteiger charge is 1.91. The Morgan fingerprint density at radius 3 is 2.88 bits per heavy atom. The van der Waals surface area contributed by atoms with Crippen LogP contribution in [0.15, 0.2) is 10.4 Å². The highest BCUT2D eigenvalue weighted by molar-refractivity contribution is 8.00. The fraction of sp³-hybridized carbons (Fsp3) is 0.250. The van der Waals surface area contributed by atoms with Crippen molar-refractivity contribution in [2.75, 3.05) is 6.26 Å². The van der Waals surface area contributed by atoms with Crippen molar-refractivity contribution >= 4 is 35.9 Å². The van der Waals surface area contributed by atoms with Gasteiger partial charge in [0.15, 0.2) is 7.85 Å². The first kappa shape index (κ1) is 6.17. The molecule has 0 spiro atoms. The van der Waals surface area contributed by atoms with Crippen molar-refractivity contribution in [3.63, 3.8) is 0 Å². The lowest BCUT2D eigenvalue weighted by molar-refractivity contribution is 1.41. The minimum absolute atomic E-state index is 0.648. The maximum Gasteiger partial charge on any atom is 0.157 e. The molecule has 0 aliphatic carbocycles. The Kier molecular flexibility index (Phi) is 1.97. The Labute approximate surface area is 57.9 Å². The molecule has 1 aromatic rings. The maximum atomic E-state index is 5.35. The van der Waals surface area contributed by atoms with Gasteiger partial charge in [-0.15, -0.1) is 23.1 Å². The van der Waals surface area contributed by atoms with Gasteiger partial charge in [0.25, 0.3) is 0 Å². The van der Waals surface area contributed by atoms with Gasteiger partial charge in [0.2, 0.25) is 0 Å². The van der Waals surface area contributed by atoms with E-state index in [1.54, 1.807) is 18.0 Å². The lowest BCUT2D eigenvalue weighted by Gasteiger charge is -1.78. The van der Waals surface area contributed by atoms with Crippen molar-refractivity contribution in [1.82, 2.24) is 4.98 Å². The van der Waals surface area contributed by atoms with Gasteiger partial charge in [0.05, 0.1) is 10.4 Å². The molecule has 0 aliphatic rings. The van der Waals surface area contributed by atoms with Crippen LogP contribution in [0.5, 0.6) is 0 Å². The zero-order valence-corrected chi connectivity index (χ0v) is 6.05. The van der Waals surface area contributed by atoms with E-state index in [1.807, 2.05) is 6.26 Å². The van der Waals surface area contributed by atoms with E-state index in [1.165, 1.54) is 15.5 Å². The second-order valence-corrected chi connectivity index (χ2v) is 3.39. The van der Waals surface area contributed by atoms with E-state index >= 15 is 0 Å². The van der Waals surface area contributed by atoms with Gasteiger partial charge in [-0.05, 0) is 6.26 Å². The average molecular weight is 141 g/mol. The summed E-state index contributed by atoms with van der Waals surface area (Å²) in [7, 11) is 5.35. The van der Waals surface area contributed by atoms with Crippen LogP contribution < -0.4 is 4.91 Å². The molecule has 2 radical (unpaired) electrons. The van der Waals surface area contributed by atoms with Crippen LogP contribution in [0.2, 0.25) is 0 Å². The van der Waals surface area contributed by atoms with Crippen LogP contribution in [0.25, 0.3) is 0 Å². The summed E-state index contributed by atoms with van der Waals surface area (Å²) in [5.74, 6) is 0. The molecule has 0 saturated carbocycles. The van der Waals surface area contributed by atoms with Crippen molar-refractivity contribution in [1.29, 1.82) is 0 Å². The predicted octanol–water partition coefficient (Wildman–Crippen LogP) is 0.659. The first-order valence-electron chi connectivity index (χ1n) is 2.08. The molecule has 0 aromatic carbocycles. The van der Waals surface area contributed by atoms with Crippen LogP contribution in [-0.2, 0) is 0 Å². The summed E-state index contributed by atoms with van der Waals surface area (Å²) in [6, 6.07) is 0. The van der Waals surface area contributed by atoms with Crippen molar-refractivity contribution in [3.8, 4) is 0 Å². The quantitative estimate of drug-likeness (QED) is 0.420. The molecule has 1 rings (SSSR count). The van der Waals surface area contributed by atoms with Gasteiger partial charge in [0.1, 0.15) is 0 Å². The van der Waals surface area contributed by atoms with Gasteiger partial charge >= 0.3 is 0 Å². The summed E-state index contributed by atoms with van der Waals surface area (Å²) in [6.45, 7) is 0. The molecule has 8 heavy (non-hydrogen) atoms. The SMILES string of the molecule is [B]c1ncc(SC)s1. The van der Waals surface area contributed by atoms with Crippen LogP contribution in [0, 0.1) is 0 Å². The van der Waals surface area contributed by atoms with Gasteiger partial charge in [-0.25, -0.2) is 0 Å². The minimum Gasteiger partial charge on any atom is -0.260 e. The van der Waals surface area contributed by atoms with E-state index in [-0.39, 0.29) is 0 Å². The molecule has 4 heteroatoms. The summed E-state index contributed by atoms with van der Waals surface area (Å²) < 4.78 is 1.17. The smallest absolute Gasteiger partial charge is 0.157 e. The molecular weight excluding hydrogens is 137 g/mol. The summed E-state index contributed by atoms with van der Waals surface area (Å²) in [6.07, 6.45) is 3.79. The second-order valence-electron chi connectivity index (χ2n) is 1.22. The van der Waals surface area contributed by atoms with E-state index in [0.29, 0.717) is 4.91 Å². The third kappa shape index (κ3) is 1.26. The number of thiazole rings is 1. The molecule has 0 bridgehead atoms. The van der Waals surface area contributed by atoms with Crippen LogP contribution >= 0.6 is 23.1 Å². The highest BCUT2D eigenvalue weighted by atomic mass is 32.2. The topological polar surface area (TPSA) is 12.9 Å². The van der Waals surface area contributed by atoms with Crippen LogP contribution in [0.1, 0.15) is 0 Å². The van der Waals surface area contributed by atoms with E-state index in [2.05, 4.69) is 4.98 Å². The molecule has 0 N–H and O–H groups in total. The summed E-state index contributed by atoms with van der Waals surface area (Å²) in [5.41, 5.74) is 0. The van der Waals surface area contributed by atoms with Gasteiger partial charge in [-0.1, -0.05) is 0 Å². The molecule has 0 amide bonds. The molecular formula is C4H4BNS2. The molecule has 0 aliphatic heterocycles. The molecule has 1 aromatic heterocycles. The third-order valence-corrected chi connectivity index (χ3v) is 2.58. The Morgan fingerprint density at radius 1 is 1.88 bits per heavy atom. The zero-order valence-electron chi connectivity index (χ0n) is 4.42. The standard InChI is InChI=1S/C4H4BNS2/c1-7-3-2-6-4(5)8-3/h2H,1H3. The van der Waals surface area contributed by atoms with Crippen molar-refractivity contribution in [2.24, 2.45) is 0 Å². The third-order valence-electron chi connectivity index (χ3n) is 0.704. The number of hydrogen-bond acceptors (Lipinski definition) is 3. The summed E-state index contributed by atoms with van der Waals surface area (Å²) >= 11 is 3.18. The van der Waals surface area contributed by atoms with Crippen LogP contribution in [0.3, 0.4) is 0 Å². The van der Waals surface area contributed by atoms with E-state index < -0.39 is 0 Å². The number of nitrogens with zero attached hydrogens (tertiary/aromatic N) is 1. The first-order chi connectivity index (χ1) is 3.83. The normalized spacial score (nSPS) is 9.62. The average Bonchev–Trinajstić information content (AvgIpc) is 2.14. The summed E-state index contributed by atoms with van der Waals surface area (Å²) in [4.78, 5) is 4.51. The predicted molar refractivity (Wildman–Crippen MR) is 39.3 cm³/mol. The van der Waals surface area contributed by atoms with Crippen molar-refractivity contribution in [2.45, 2.75) is 4.21 Å². The van der Waals surface area contributed by atoms with Gasteiger partial charge < -0.3 is 0 Å². The van der Waals surface area contributed by atoms with E-state index in [0.717, 1.165) is 0 Å². The molecule has 1 heterocycles. The van der Waals surface area contributed by atoms with Gasteiger partial charge in [-0.2, -0.15) is 0 Å². The monoisotopic (exact) mass is 141 g/mol. The largest absolute Gasteiger partial charge is 0.260 e. The van der Waals surface area contributed by atoms with Crippen LogP contribution in [-0.4, -0.2) is 19.1 Å². The maximum absolute atomic E-state index is 5.35. The fourth-order valence-corrected chi connectivity index (χ4v) is 1.53. The molecule has 1 nitrogen and oxygen atoms in total. The second kappa shape index (κ2) is 2.55. The minimum atomic E-state index is 0.648. The summed E-state index contributed by atoms with van der Waals surface area (Å²) in [5, 5.41) is 0. The van der Waals surface area contributed by atoms with E-state index in [9.17, 15) is 0 Å². The Bertz CT molecular complexity index is 174. The van der Waals surface area contributed by atoms with Crippen LogP contribution in [0.4, 0.5) is 0 Å². The Morgan fingerprint density at radius 2 is 2.62 bits per heavy atom. The van der Waals surface area contributed by atoms with Crippen molar-refractivity contribution in [3.05, 3.63) is 6.20 Å². The number of aromatic nitrogens is 1. The number of hydrogen-bond donors (Lipinski definition) is 0. The molecule has 0 saturated heterocycles. The van der Waals surface area contributed by atoms with Gasteiger partial charge in [0, 0.05) is 4.91 Å². The lowest BCUT2D eigenvalue weighted by Crippen LogP contribution is -1.95. The van der Waals surface area contributed by atoms with E-state index in [4.69, 9.17) is 7.85 Å². The molecule has 40 valence electrons. The molecule has 0 atom stereocenters. The lowest BCUT2D eigenvalue weighted by atomic mass is 10.2. The fourth-order valence-electron chi connectivity index (χ4n) is 0.366. The first-order valence-corrected chi connectivity index (χ1v) is 4.12.